The number of amides is 1. The lowest BCUT2D eigenvalue weighted by atomic mass is 9.91. The van der Waals surface area contributed by atoms with Crippen LogP contribution in [0.25, 0.3) is 43.6 Å². The summed E-state index contributed by atoms with van der Waals surface area (Å²) in [7, 11) is 3.84. The van der Waals surface area contributed by atoms with Gasteiger partial charge in [0.15, 0.2) is 5.72 Å². The number of nitriles is 1. The lowest BCUT2D eigenvalue weighted by Crippen LogP contribution is -2.60. The molecule has 0 unspecified atom stereocenters. The summed E-state index contributed by atoms with van der Waals surface area (Å²) in [6.07, 6.45) is 0.552. The van der Waals surface area contributed by atoms with E-state index in [2.05, 4.69) is 81.9 Å². The molecule has 0 aliphatic carbocycles. The number of fused-ring (bicyclic) bond motifs is 13. The summed E-state index contributed by atoms with van der Waals surface area (Å²) in [5.41, 5.74) is 5.24. The van der Waals surface area contributed by atoms with Gasteiger partial charge in [0.2, 0.25) is 0 Å². The Kier molecular flexibility index (Phi) is 4.62. The average Bonchev–Trinajstić information content (AvgIpc) is 3.59. The highest BCUT2D eigenvalue weighted by atomic mass is 16.6. The summed E-state index contributed by atoms with van der Waals surface area (Å²) < 4.78 is 18.2. The van der Waals surface area contributed by atoms with Crippen LogP contribution >= 0.6 is 0 Å². The number of aromatic nitrogens is 2. The first-order valence-corrected chi connectivity index (χ1v) is 13.6. The van der Waals surface area contributed by atoms with Crippen molar-refractivity contribution in [3.63, 3.8) is 0 Å². The standard InChI is InChI=1S/C31H29N5O3/c1-31-29(38-3)22(34(2)14-8-13-32)15-23(39-31)35-20-11-6-4-9-17(20)25-26-19(16-33-30(26)37)24-18-10-5-7-12-21(18)36(31)28(24)27(25)35/h4-7,9-12,22-23,29H,8,14-16H2,1-3H3,(H,33,37)/t22-,23-,29-,31+/m0/s1. The fraction of sp³-hybridized carbons (Fsp3) is 0.355. The molecule has 1 N–H and O–H groups in total. The smallest absolute Gasteiger partial charge is 0.252 e. The first kappa shape index (κ1) is 23.0. The molecule has 8 rings (SSSR count). The van der Waals surface area contributed by atoms with Gasteiger partial charge >= 0.3 is 0 Å². The molecule has 4 atom stereocenters. The van der Waals surface area contributed by atoms with E-state index in [0.29, 0.717) is 25.9 Å². The van der Waals surface area contributed by atoms with Gasteiger partial charge in [-0.2, -0.15) is 5.26 Å². The fourth-order valence-corrected chi connectivity index (χ4v) is 7.83. The van der Waals surface area contributed by atoms with E-state index in [0.717, 1.165) is 54.7 Å². The molecular formula is C31H29N5O3. The highest BCUT2D eigenvalue weighted by Gasteiger charge is 2.54. The summed E-state index contributed by atoms with van der Waals surface area (Å²) in [4.78, 5) is 15.7. The number of nitrogens with zero attached hydrogens (tertiary/aromatic N) is 4. The number of likely N-dealkylation sites (N-methyl/N-ethyl adjacent to an activating group) is 1. The van der Waals surface area contributed by atoms with Gasteiger partial charge < -0.3 is 23.9 Å². The second-order valence-corrected chi connectivity index (χ2v) is 11.2. The first-order chi connectivity index (χ1) is 19.0. The molecule has 3 aromatic carbocycles. The highest BCUT2D eigenvalue weighted by molar-refractivity contribution is 6.31. The molecule has 1 amide bonds. The van der Waals surface area contributed by atoms with Crippen LogP contribution in [-0.4, -0.2) is 52.8 Å². The van der Waals surface area contributed by atoms with Crippen molar-refractivity contribution in [1.29, 1.82) is 5.26 Å². The molecule has 0 saturated carbocycles. The zero-order valence-corrected chi connectivity index (χ0v) is 22.2. The molecule has 196 valence electrons. The van der Waals surface area contributed by atoms with Gasteiger partial charge in [-0.15, -0.1) is 0 Å². The Bertz CT molecular complexity index is 1910. The van der Waals surface area contributed by atoms with Gasteiger partial charge in [0.1, 0.15) is 12.3 Å². The van der Waals surface area contributed by atoms with E-state index in [1.165, 1.54) is 0 Å². The quantitative estimate of drug-likeness (QED) is 0.362. The molecular weight excluding hydrogens is 490 g/mol. The minimum Gasteiger partial charge on any atom is -0.375 e. The van der Waals surface area contributed by atoms with Crippen molar-refractivity contribution in [3.05, 3.63) is 59.7 Å². The number of benzene rings is 3. The van der Waals surface area contributed by atoms with E-state index in [9.17, 15) is 10.1 Å². The monoisotopic (exact) mass is 519 g/mol. The van der Waals surface area contributed by atoms with E-state index in [1.54, 1.807) is 7.11 Å². The van der Waals surface area contributed by atoms with Crippen LogP contribution in [0.1, 0.15) is 41.9 Å². The Morgan fingerprint density at radius 1 is 1.13 bits per heavy atom. The van der Waals surface area contributed by atoms with Crippen LogP contribution in [0, 0.1) is 11.3 Å². The summed E-state index contributed by atoms with van der Waals surface area (Å²) in [5, 5.41) is 16.7. The van der Waals surface area contributed by atoms with Crippen molar-refractivity contribution in [2.45, 2.75) is 50.4 Å². The third-order valence-electron chi connectivity index (χ3n) is 9.34. The lowest BCUT2D eigenvalue weighted by molar-refractivity contribution is -0.267. The van der Waals surface area contributed by atoms with Gasteiger partial charge in [0, 0.05) is 60.6 Å². The molecule has 1 fully saturated rings. The molecule has 3 aliphatic heterocycles. The second-order valence-electron chi connectivity index (χ2n) is 11.2. The highest BCUT2D eigenvalue weighted by Crippen LogP contribution is 2.54. The third-order valence-corrected chi connectivity index (χ3v) is 9.34. The van der Waals surface area contributed by atoms with Crippen molar-refractivity contribution in [3.8, 4) is 6.07 Å². The molecule has 3 aliphatic rings. The number of rotatable bonds is 4. The number of nitrogens with one attached hydrogen (secondary N) is 1. The van der Waals surface area contributed by atoms with Crippen LogP contribution in [-0.2, 0) is 21.7 Å². The second kappa shape index (κ2) is 7.82. The molecule has 39 heavy (non-hydrogen) atoms. The summed E-state index contributed by atoms with van der Waals surface area (Å²) in [6.45, 7) is 3.29. The maximum absolute atomic E-state index is 13.4. The Hall–Kier alpha value is -3.90. The number of carbonyl (C=O) groups is 1. The van der Waals surface area contributed by atoms with Gasteiger partial charge in [0.05, 0.1) is 33.7 Å². The van der Waals surface area contributed by atoms with E-state index in [4.69, 9.17) is 9.47 Å². The fourth-order valence-electron chi connectivity index (χ4n) is 7.83. The zero-order valence-electron chi connectivity index (χ0n) is 22.2. The molecule has 5 heterocycles. The van der Waals surface area contributed by atoms with E-state index in [1.807, 2.05) is 6.07 Å². The van der Waals surface area contributed by atoms with Gasteiger partial charge in [-0.3, -0.25) is 9.69 Å². The predicted octanol–water partition coefficient (Wildman–Crippen LogP) is 4.98. The van der Waals surface area contributed by atoms with Crippen molar-refractivity contribution in [1.82, 2.24) is 19.4 Å². The summed E-state index contributed by atoms with van der Waals surface area (Å²) in [5.74, 6) is -0.0186. The van der Waals surface area contributed by atoms with Crippen LogP contribution < -0.4 is 5.32 Å². The Labute approximate surface area is 225 Å². The predicted molar refractivity (Wildman–Crippen MR) is 149 cm³/mol. The molecule has 0 radical (unpaired) electrons. The van der Waals surface area contributed by atoms with Crippen molar-refractivity contribution in [2.24, 2.45) is 0 Å². The molecule has 2 bridgehead atoms. The lowest BCUT2D eigenvalue weighted by Gasteiger charge is -2.50. The van der Waals surface area contributed by atoms with Crippen molar-refractivity contribution in [2.75, 3.05) is 20.7 Å². The van der Waals surface area contributed by atoms with Crippen LogP contribution in [0.2, 0.25) is 0 Å². The maximum Gasteiger partial charge on any atom is 0.252 e. The van der Waals surface area contributed by atoms with Crippen LogP contribution in [0.15, 0.2) is 48.5 Å². The Morgan fingerprint density at radius 3 is 2.59 bits per heavy atom. The zero-order chi connectivity index (χ0) is 26.6. The van der Waals surface area contributed by atoms with Gasteiger partial charge in [-0.1, -0.05) is 36.4 Å². The van der Waals surface area contributed by atoms with Crippen LogP contribution in [0.5, 0.6) is 0 Å². The molecule has 0 spiro atoms. The van der Waals surface area contributed by atoms with E-state index in [-0.39, 0.29) is 24.3 Å². The minimum absolute atomic E-state index is 0.00369. The third kappa shape index (κ3) is 2.70. The van der Waals surface area contributed by atoms with Gasteiger partial charge in [-0.05, 0) is 31.7 Å². The largest absolute Gasteiger partial charge is 0.375 e. The SMILES string of the molecule is CO[C@H]1[C@@H](N(C)CCC#N)C[C@@H]2O[C@@]1(C)n1c3ccccc3c3c4c(c5c6ccccc6n2c5c31)C(=O)NC4. The maximum atomic E-state index is 13.4. The number of hydrogen-bond donors (Lipinski definition) is 1. The Balaban J connectivity index is 1.60. The van der Waals surface area contributed by atoms with Gasteiger partial charge in [0.25, 0.3) is 5.91 Å². The molecule has 2 aromatic heterocycles. The molecule has 8 nitrogen and oxygen atoms in total. The number of carbonyl (C=O) groups excluding carboxylic acids is 1. The van der Waals surface area contributed by atoms with E-state index >= 15 is 0 Å². The summed E-state index contributed by atoms with van der Waals surface area (Å²) in [6, 6.07) is 19.1. The number of para-hydroxylation sites is 2. The molecule has 8 heteroatoms. The van der Waals surface area contributed by atoms with Crippen LogP contribution in [0.4, 0.5) is 0 Å². The van der Waals surface area contributed by atoms with Gasteiger partial charge in [-0.25, -0.2) is 0 Å². The van der Waals surface area contributed by atoms with Crippen molar-refractivity contribution < 1.29 is 14.3 Å². The van der Waals surface area contributed by atoms with Crippen LogP contribution in [0.3, 0.4) is 0 Å². The topological polar surface area (TPSA) is 84.4 Å². The van der Waals surface area contributed by atoms with Crippen molar-refractivity contribution >= 4 is 49.5 Å². The Morgan fingerprint density at radius 2 is 1.85 bits per heavy atom. The first-order valence-electron chi connectivity index (χ1n) is 13.6. The minimum atomic E-state index is -0.845. The molecule has 1 saturated heterocycles. The number of ether oxygens (including phenoxy) is 2. The summed E-state index contributed by atoms with van der Waals surface area (Å²) >= 11 is 0. The number of methoxy groups -OCH3 is 1. The molecule has 5 aromatic rings. The average molecular weight is 520 g/mol. The van der Waals surface area contributed by atoms with E-state index < -0.39 is 5.72 Å². The normalized spacial score (nSPS) is 25.6. The number of hydrogen-bond acceptors (Lipinski definition) is 5.